The van der Waals surface area contributed by atoms with Crippen LogP contribution in [0.1, 0.15) is 6.42 Å². The predicted octanol–water partition coefficient (Wildman–Crippen LogP) is 1.52. The number of amides is 1. The van der Waals surface area contributed by atoms with Crippen molar-refractivity contribution in [1.82, 2.24) is 0 Å². The van der Waals surface area contributed by atoms with Crippen LogP contribution in [-0.4, -0.2) is 31.8 Å². The summed E-state index contributed by atoms with van der Waals surface area (Å²) in [6.45, 7) is 1.62. The number of anilines is 2. The van der Waals surface area contributed by atoms with Gasteiger partial charge in [-0.25, -0.2) is 0 Å². The number of hydrogen-bond donors (Lipinski definition) is 2. The van der Waals surface area contributed by atoms with Crippen molar-refractivity contribution in [2.24, 2.45) is 5.73 Å². The van der Waals surface area contributed by atoms with Crippen LogP contribution in [0.25, 0.3) is 0 Å². The molecule has 4 nitrogen and oxygen atoms in total. The zero-order valence-corrected chi connectivity index (χ0v) is 10.7. The van der Waals surface area contributed by atoms with Crippen molar-refractivity contribution in [1.29, 1.82) is 0 Å². The average molecular weight is 251 g/mol. The molecule has 1 aromatic rings. The van der Waals surface area contributed by atoms with Crippen LogP contribution in [0.5, 0.6) is 0 Å². The summed E-state index contributed by atoms with van der Waals surface area (Å²) in [5, 5.41) is 2.90. The van der Waals surface area contributed by atoms with Crippen LogP contribution >= 0.6 is 11.8 Å². The number of rotatable bonds is 4. The van der Waals surface area contributed by atoms with Crippen LogP contribution in [0.2, 0.25) is 0 Å². The average Bonchev–Trinajstić information content (AvgIpc) is 2.35. The molecule has 5 heteroatoms. The Bertz CT molecular complexity index is 422. The molecule has 92 valence electrons. The molecule has 1 aromatic carbocycles. The largest absolute Gasteiger partial charge is 0.374 e. The number of nitrogens with zero attached hydrogens (tertiary/aromatic N) is 1. The Morgan fingerprint density at radius 1 is 1.53 bits per heavy atom. The Kier molecular flexibility index (Phi) is 3.91. The van der Waals surface area contributed by atoms with Gasteiger partial charge >= 0.3 is 0 Å². The zero-order chi connectivity index (χ0) is 12.3. The zero-order valence-electron chi connectivity index (χ0n) is 9.90. The SMILES string of the molecule is CN(CCCN)c1ccc2c(c1)NC(=O)CS2. The van der Waals surface area contributed by atoms with Gasteiger partial charge in [-0.2, -0.15) is 0 Å². The quantitative estimate of drug-likeness (QED) is 0.852. The number of nitrogens with one attached hydrogen (secondary N) is 1. The highest BCUT2D eigenvalue weighted by Gasteiger charge is 2.16. The molecule has 0 spiro atoms. The van der Waals surface area contributed by atoms with E-state index in [0.717, 1.165) is 29.2 Å². The lowest BCUT2D eigenvalue weighted by atomic mass is 10.2. The fourth-order valence-electron chi connectivity index (χ4n) is 1.77. The van der Waals surface area contributed by atoms with E-state index >= 15 is 0 Å². The van der Waals surface area contributed by atoms with Crippen molar-refractivity contribution in [2.45, 2.75) is 11.3 Å². The molecule has 0 bridgehead atoms. The lowest BCUT2D eigenvalue weighted by Crippen LogP contribution is -2.22. The van der Waals surface area contributed by atoms with Gasteiger partial charge in [-0.15, -0.1) is 11.8 Å². The van der Waals surface area contributed by atoms with Crippen LogP contribution in [0.3, 0.4) is 0 Å². The second-order valence-corrected chi connectivity index (χ2v) is 5.10. The lowest BCUT2D eigenvalue weighted by Gasteiger charge is -2.22. The van der Waals surface area contributed by atoms with Crippen LogP contribution in [-0.2, 0) is 4.79 Å². The van der Waals surface area contributed by atoms with Crippen molar-refractivity contribution in [3.8, 4) is 0 Å². The topological polar surface area (TPSA) is 58.4 Å². The number of hydrogen-bond acceptors (Lipinski definition) is 4. The van der Waals surface area contributed by atoms with Gasteiger partial charge in [0.05, 0.1) is 11.4 Å². The number of fused-ring (bicyclic) bond motifs is 1. The summed E-state index contributed by atoms with van der Waals surface area (Å²) in [6.07, 6.45) is 0.967. The Labute approximate surface area is 106 Å². The molecule has 0 saturated heterocycles. The van der Waals surface area contributed by atoms with E-state index in [1.807, 2.05) is 13.1 Å². The third-order valence-electron chi connectivity index (χ3n) is 2.73. The first-order valence-corrected chi connectivity index (χ1v) is 6.67. The van der Waals surface area contributed by atoms with Crippen LogP contribution in [0.4, 0.5) is 11.4 Å². The molecule has 2 rings (SSSR count). The van der Waals surface area contributed by atoms with E-state index in [1.165, 1.54) is 0 Å². The van der Waals surface area contributed by atoms with Crippen LogP contribution in [0, 0.1) is 0 Å². The first-order chi connectivity index (χ1) is 8.20. The molecule has 0 unspecified atom stereocenters. The maximum Gasteiger partial charge on any atom is 0.234 e. The van der Waals surface area contributed by atoms with Crippen LogP contribution in [0.15, 0.2) is 23.1 Å². The van der Waals surface area contributed by atoms with E-state index in [9.17, 15) is 4.79 Å². The highest BCUT2D eigenvalue weighted by molar-refractivity contribution is 8.00. The van der Waals surface area contributed by atoms with E-state index in [4.69, 9.17) is 5.73 Å². The third kappa shape index (κ3) is 2.92. The molecular weight excluding hydrogens is 234 g/mol. The van der Waals surface area contributed by atoms with E-state index in [2.05, 4.69) is 22.3 Å². The first-order valence-electron chi connectivity index (χ1n) is 5.68. The van der Waals surface area contributed by atoms with Gasteiger partial charge in [-0.1, -0.05) is 0 Å². The molecule has 3 N–H and O–H groups in total. The molecule has 17 heavy (non-hydrogen) atoms. The van der Waals surface area contributed by atoms with Gasteiger partial charge in [0, 0.05) is 24.2 Å². The van der Waals surface area contributed by atoms with E-state index in [-0.39, 0.29) is 5.91 Å². The molecule has 1 aliphatic rings. The molecule has 1 amide bonds. The van der Waals surface area contributed by atoms with E-state index in [1.54, 1.807) is 11.8 Å². The maximum absolute atomic E-state index is 11.3. The summed E-state index contributed by atoms with van der Waals surface area (Å²) in [4.78, 5) is 14.6. The van der Waals surface area contributed by atoms with Gasteiger partial charge in [-0.05, 0) is 31.2 Å². The Morgan fingerprint density at radius 2 is 2.35 bits per heavy atom. The van der Waals surface area contributed by atoms with Crippen LogP contribution < -0.4 is 16.0 Å². The summed E-state index contributed by atoms with van der Waals surface area (Å²) < 4.78 is 0. The van der Waals surface area contributed by atoms with Crippen molar-refractivity contribution in [2.75, 3.05) is 36.1 Å². The Morgan fingerprint density at radius 3 is 3.12 bits per heavy atom. The number of carbonyl (C=O) groups excluding carboxylic acids is 1. The maximum atomic E-state index is 11.3. The molecule has 0 atom stereocenters. The molecule has 0 aromatic heterocycles. The van der Waals surface area contributed by atoms with Gasteiger partial charge in [0.1, 0.15) is 0 Å². The third-order valence-corrected chi connectivity index (χ3v) is 3.81. The van der Waals surface area contributed by atoms with Crippen molar-refractivity contribution >= 4 is 29.0 Å². The summed E-state index contributed by atoms with van der Waals surface area (Å²) in [7, 11) is 2.04. The lowest BCUT2D eigenvalue weighted by molar-refractivity contribution is -0.113. The fraction of sp³-hybridized carbons (Fsp3) is 0.417. The Hall–Kier alpha value is -1.20. The summed E-state index contributed by atoms with van der Waals surface area (Å²) in [5.74, 6) is 0.583. The normalized spacial score (nSPS) is 14.1. The minimum atomic E-state index is 0.0734. The molecule has 1 heterocycles. The molecule has 0 saturated carbocycles. The number of thioether (sulfide) groups is 1. The van der Waals surface area contributed by atoms with Gasteiger partial charge in [0.15, 0.2) is 0 Å². The smallest absolute Gasteiger partial charge is 0.234 e. The van der Waals surface area contributed by atoms with E-state index < -0.39 is 0 Å². The molecule has 0 fully saturated rings. The Balaban J connectivity index is 2.14. The molecule has 1 aliphatic heterocycles. The number of benzene rings is 1. The second-order valence-electron chi connectivity index (χ2n) is 4.08. The standard InChI is InChI=1S/C12H17N3OS/c1-15(6-2-5-13)9-3-4-11-10(7-9)14-12(16)8-17-11/h3-4,7H,2,5-6,8,13H2,1H3,(H,14,16). The minimum Gasteiger partial charge on any atom is -0.374 e. The number of carbonyl (C=O) groups is 1. The van der Waals surface area contributed by atoms with Crippen molar-refractivity contribution in [3.63, 3.8) is 0 Å². The van der Waals surface area contributed by atoms with Gasteiger partial charge in [-0.3, -0.25) is 4.79 Å². The monoisotopic (exact) mass is 251 g/mol. The summed E-state index contributed by atoms with van der Waals surface area (Å²) in [5.41, 5.74) is 7.53. The second kappa shape index (κ2) is 5.42. The summed E-state index contributed by atoms with van der Waals surface area (Å²) in [6, 6.07) is 6.17. The highest BCUT2D eigenvalue weighted by Crippen LogP contribution is 2.34. The first kappa shape index (κ1) is 12.3. The van der Waals surface area contributed by atoms with Crippen molar-refractivity contribution in [3.05, 3.63) is 18.2 Å². The molecule has 0 aliphatic carbocycles. The number of nitrogens with two attached hydrogens (primary N) is 1. The van der Waals surface area contributed by atoms with Crippen molar-refractivity contribution < 1.29 is 4.79 Å². The van der Waals surface area contributed by atoms with Gasteiger partial charge in [0.2, 0.25) is 5.91 Å². The van der Waals surface area contributed by atoms with Gasteiger partial charge in [0.25, 0.3) is 0 Å². The van der Waals surface area contributed by atoms with Gasteiger partial charge < -0.3 is 16.0 Å². The summed E-state index contributed by atoms with van der Waals surface area (Å²) >= 11 is 1.58. The minimum absolute atomic E-state index is 0.0734. The molecule has 0 radical (unpaired) electrons. The predicted molar refractivity (Wildman–Crippen MR) is 72.7 cm³/mol. The highest BCUT2D eigenvalue weighted by atomic mass is 32.2. The van der Waals surface area contributed by atoms with E-state index in [0.29, 0.717) is 12.3 Å². The molecular formula is C12H17N3OS. The fourth-order valence-corrected chi connectivity index (χ4v) is 2.55.